The molecule has 0 atom stereocenters. The normalized spacial score (nSPS) is 11.1. The third kappa shape index (κ3) is 3.54. The average molecular weight is 432 g/mol. The predicted molar refractivity (Wildman–Crippen MR) is 118 cm³/mol. The van der Waals surface area contributed by atoms with Gasteiger partial charge in [-0.3, -0.25) is 0 Å². The molecule has 0 aliphatic rings. The van der Waals surface area contributed by atoms with Crippen LogP contribution >= 0.6 is 11.6 Å². The van der Waals surface area contributed by atoms with Crippen LogP contribution in [0.5, 0.6) is 0 Å². The minimum absolute atomic E-state index is 0.686. The Labute approximate surface area is 167 Å². The summed E-state index contributed by atoms with van der Waals surface area (Å²) < 4.78 is 9.25. The molecule has 1 nitrogen and oxygen atoms in total. The van der Waals surface area contributed by atoms with Gasteiger partial charge in [0.1, 0.15) is 0 Å². The van der Waals surface area contributed by atoms with Gasteiger partial charge < -0.3 is 0 Å². The summed E-state index contributed by atoms with van der Waals surface area (Å²) in [4.78, 5) is 0. The summed E-state index contributed by atoms with van der Waals surface area (Å²) in [6, 6.07) is 39.8. The molecule has 4 aromatic carbocycles. The Hall–Kier alpha value is -2.47. The number of benzene rings is 4. The molecule has 0 unspecified atom stereocenters. The van der Waals surface area contributed by atoms with Crippen molar-refractivity contribution in [3.8, 4) is 0 Å². The van der Waals surface area contributed by atoms with E-state index in [1.807, 2.05) is 24.3 Å². The van der Waals surface area contributed by atoms with Gasteiger partial charge in [0, 0.05) is 0 Å². The Kier molecular flexibility index (Phi) is 5.34. The van der Waals surface area contributed by atoms with Crippen molar-refractivity contribution in [2.45, 2.75) is 0 Å². The van der Waals surface area contributed by atoms with Gasteiger partial charge >= 0.3 is 168 Å². The molecule has 0 aliphatic carbocycles. The number of halogens is 1. The summed E-state index contributed by atoms with van der Waals surface area (Å²) in [6.07, 6.45) is 0. The van der Waals surface area contributed by atoms with Crippen LogP contribution in [-0.2, 0) is 0 Å². The Morgan fingerprint density at radius 2 is 0.852 bits per heavy atom. The monoisotopic (exact) mass is 431 g/mol. The zero-order valence-corrected chi connectivity index (χ0v) is 17.4. The van der Waals surface area contributed by atoms with E-state index in [2.05, 4.69) is 91.0 Å². The van der Waals surface area contributed by atoms with Crippen molar-refractivity contribution in [1.29, 1.82) is 0 Å². The molecule has 0 bridgehead atoms. The molecule has 0 fully saturated rings. The molecular weight excluding hydrogens is 413 g/mol. The first-order valence-electron chi connectivity index (χ1n) is 8.84. The molecule has 132 valence electrons. The van der Waals surface area contributed by atoms with Crippen LogP contribution in [0.3, 0.4) is 0 Å². The van der Waals surface area contributed by atoms with Crippen molar-refractivity contribution in [2.75, 3.05) is 0 Å². The van der Waals surface area contributed by atoms with E-state index in [1.54, 1.807) is 0 Å². The maximum absolute atomic E-state index is 6.53. The standard InChI is InChI=1S/C24H19AsClN/c26-23-18-10-11-19-24(23)27-25(20-12-4-1-5-13-20,21-14-6-2-7-15-21)22-16-8-3-9-17-22/h1-19H. The van der Waals surface area contributed by atoms with Gasteiger partial charge in [0.15, 0.2) is 0 Å². The molecule has 0 amide bonds. The molecule has 0 saturated carbocycles. The van der Waals surface area contributed by atoms with Crippen molar-refractivity contribution in [2.24, 2.45) is 3.86 Å². The molecule has 0 radical (unpaired) electrons. The van der Waals surface area contributed by atoms with Gasteiger partial charge in [-0.1, -0.05) is 0 Å². The quantitative estimate of drug-likeness (QED) is 0.407. The van der Waals surface area contributed by atoms with Gasteiger partial charge in [0.25, 0.3) is 0 Å². The molecule has 0 saturated heterocycles. The van der Waals surface area contributed by atoms with Gasteiger partial charge in [0.2, 0.25) is 0 Å². The van der Waals surface area contributed by atoms with Gasteiger partial charge in [0.05, 0.1) is 0 Å². The van der Waals surface area contributed by atoms with E-state index >= 15 is 0 Å². The van der Waals surface area contributed by atoms with E-state index in [-0.39, 0.29) is 0 Å². The van der Waals surface area contributed by atoms with E-state index in [1.165, 1.54) is 13.1 Å². The third-order valence-electron chi connectivity index (χ3n) is 4.50. The molecule has 0 spiro atoms. The molecule has 0 heterocycles. The molecule has 4 rings (SSSR count). The molecule has 0 N–H and O–H groups in total. The van der Waals surface area contributed by atoms with Crippen molar-refractivity contribution in [3.05, 3.63) is 120 Å². The van der Waals surface area contributed by atoms with Crippen LogP contribution in [0.4, 0.5) is 5.69 Å². The van der Waals surface area contributed by atoms with E-state index in [0.717, 1.165) is 5.69 Å². The molecule has 0 aromatic heterocycles. The second-order valence-electron chi connectivity index (χ2n) is 6.19. The molecule has 27 heavy (non-hydrogen) atoms. The van der Waals surface area contributed by atoms with Gasteiger partial charge in [-0.2, -0.15) is 0 Å². The van der Waals surface area contributed by atoms with Crippen LogP contribution in [0.2, 0.25) is 5.02 Å². The van der Waals surface area contributed by atoms with Gasteiger partial charge in [-0.05, 0) is 0 Å². The van der Waals surface area contributed by atoms with Crippen LogP contribution in [0, 0.1) is 0 Å². The van der Waals surface area contributed by atoms with E-state index < -0.39 is 13.4 Å². The Morgan fingerprint density at radius 1 is 0.481 bits per heavy atom. The van der Waals surface area contributed by atoms with Crippen molar-refractivity contribution >= 4 is 43.7 Å². The second-order valence-corrected chi connectivity index (χ2v) is 12.9. The average Bonchev–Trinajstić information content (AvgIpc) is 2.75. The second kappa shape index (κ2) is 8.04. The predicted octanol–water partition coefficient (Wildman–Crippen LogP) is 4.91. The van der Waals surface area contributed by atoms with Crippen LogP contribution in [0.1, 0.15) is 0 Å². The minimum atomic E-state index is -3.12. The summed E-state index contributed by atoms with van der Waals surface area (Å²) in [5.41, 5.74) is 0.850. The van der Waals surface area contributed by atoms with Gasteiger partial charge in [-0.25, -0.2) is 0 Å². The first-order valence-corrected chi connectivity index (χ1v) is 12.9. The topological polar surface area (TPSA) is 12.4 Å². The summed E-state index contributed by atoms with van der Waals surface area (Å²) in [6.45, 7) is 0. The maximum atomic E-state index is 6.53. The Bertz CT molecular complexity index is 973. The van der Waals surface area contributed by atoms with Crippen molar-refractivity contribution < 1.29 is 0 Å². The summed E-state index contributed by atoms with van der Waals surface area (Å²) in [5, 5.41) is 0.686. The molecular formula is C24H19AsClN. The zero-order chi connectivity index (χ0) is 18.5. The van der Waals surface area contributed by atoms with E-state index in [4.69, 9.17) is 15.5 Å². The molecule has 4 aromatic rings. The van der Waals surface area contributed by atoms with Crippen molar-refractivity contribution in [1.82, 2.24) is 0 Å². The first kappa shape index (κ1) is 17.9. The third-order valence-corrected chi connectivity index (χ3v) is 12.5. The van der Waals surface area contributed by atoms with Crippen LogP contribution in [-0.4, -0.2) is 13.4 Å². The van der Waals surface area contributed by atoms with Crippen LogP contribution in [0.25, 0.3) is 0 Å². The Morgan fingerprint density at radius 3 is 1.26 bits per heavy atom. The fourth-order valence-electron chi connectivity index (χ4n) is 3.25. The summed E-state index contributed by atoms with van der Waals surface area (Å²) in [7, 11) is 0. The van der Waals surface area contributed by atoms with E-state index in [9.17, 15) is 0 Å². The molecule has 0 aliphatic heterocycles. The molecule has 3 heteroatoms. The number of hydrogen-bond donors (Lipinski definition) is 0. The van der Waals surface area contributed by atoms with E-state index in [0.29, 0.717) is 5.02 Å². The fraction of sp³-hybridized carbons (Fsp3) is 0. The van der Waals surface area contributed by atoms with Crippen molar-refractivity contribution in [3.63, 3.8) is 0 Å². The van der Waals surface area contributed by atoms with Gasteiger partial charge in [-0.15, -0.1) is 0 Å². The number of nitrogens with zero attached hydrogens (tertiary/aromatic N) is 1. The SMILES string of the molecule is Clc1ccccc1N=[As](c1ccccc1)(c1ccccc1)c1ccccc1. The first-order chi connectivity index (χ1) is 13.3. The van der Waals surface area contributed by atoms with Crippen LogP contribution < -0.4 is 13.1 Å². The zero-order valence-electron chi connectivity index (χ0n) is 14.7. The Balaban J connectivity index is 2.15. The number of hydrogen-bond acceptors (Lipinski definition) is 1. The number of rotatable bonds is 4. The summed E-state index contributed by atoms with van der Waals surface area (Å²) in [5.74, 6) is 0. The van der Waals surface area contributed by atoms with Crippen LogP contribution in [0.15, 0.2) is 119 Å². The fourth-order valence-corrected chi connectivity index (χ4v) is 11.0. The summed E-state index contributed by atoms with van der Waals surface area (Å²) >= 11 is 3.40.